The van der Waals surface area contributed by atoms with Gasteiger partial charge >= 0.3 is 11.9 Å². The van der Waals surface area contributed by atoms with E-state index in [0.717, 1.165) is 24.2 Å². The number of morpholine rings is 1. The van der Waals surface area contributed by atoms with E-state index in [-0.39, 0.29) is 37.5 Å². The molecule has 3 aromatic carbocycles. The van der Waals surface area contributed by atoms with Gasteiger partial charge in [-0.1, -0.05) is 84.4 Å². The first-order valence-electron chi connectivity index (χ1n) is 16.9. The molecule has 49 heavy (non-hydrogen) atoms. The van der Waals surface area contributed by atoms with Gasteiger partial charge in [0.1, 0.15) is 6.61 Å². The van der Waals surface area contributed by atoms with Gasteiger partial charge in [0.2, 0.25) is 0 Å². The number of esters is 1. The second-order valence-corrected chi connectivity index (χ2v) is 13.0. The molecular weight excluding hydrogens is 642 g/mol. The van der Waals surface area contributed by atoms with Crippen LogP contribution in [0.25, 0.3) is 0 Å². The van der Waals surface area contributed by atoms with Crippen molar-refractivity contribution in [2.45, 2.75) is 44.1 Å². The zero-order valence-corrected chi connectivity index (χ0v) is 28.6. The molecule has 0 amide bonds. The summed E-state index contributed by atoms with van der Waals surface area (Å²) in [6.07, 6.45) is 0.726. The number of hydrogen-bond donors (Lipinski definition) is 2. The van der Waals surface area contributed by atoms with Gasteiger partial charge in [-0.25, -0.2) is 4.79 Å². The summed E-state index contributed by atoms with van der Waals surface area (Å²) >= 11 is 6.53. The van der Waals surface area contributed by atoms with Gasteiger partial charge in [0.15, 0.2) is 0 Å². The van der Waals surface area contributed by atoms with Crippen molar-refractivity contribution in [3.63, 3.8) is 0 Å². The molecule has 0 spiro atoms. The molecule has 1 saturated heterocycles. The summed E-state index contributed by atoms with van der Waals surface area (Å²) in [6, 6.07) is 28.6. The molecule has 2 aliphatic heterocycles. The number of nitrogens with zero attached hydrogens (tertiary/aromatic N) is 2. The van der Waals surface area contributed by atoms with Gasteiger partial charge in [-0.3, -0.25) is 9.69 Å². The number of ether oxygens (including phenoxy) is 3. The summed E-state index contributed by atoms with van der Waals surface area (Å²) in [5.74, 6) is -2.74. The van der Waals surface area contributed by atoms with Gasteiger partial charge in [0, 0.05) is 48.2 Å². The predicted molar refractivity (Wildman–Crippen MR) is 187 cm³/mol. The number of carboxylic acids is 1. The highest BCUT2D eigenvalue weighted by atomic mass is 35.5. The minimum atomic E-state index is -1.49. The Morgan fingerprint density at radius 1 is 1.04 bits per heavy atom. The summed E-state index contributed by atoms with van der Waals surface area (Å²) in [5, 5.41) is 24.3. The number of nitriles is 1. The molecule has 0 bridgehead atoms. The van der Waals surface area contributed by atoms with Crippen LogP contribution in [0, 0.1) is 16.7 Å². The quantitative estimate of drug-likeness (QED) is 0.143. The SMILES string of the molecule is CC1NC(COCCN2CCOCC2)=C(C(=O)OCCC#N)C(c2cccc(Cl)c2)C1(CCC(c1ccccc1)c1ccccc1)C(=O)O. The number of hydrogen-bond acceptors (Lipinski definition) is 8. The van der Waals surface area contributed by atoms with Crippen LogP contribution in [0.1, 0.15) is 54.7 Å². The van der Waals surface area contributed by atoms with Crippen LogP contribution < -0.4 is 5.32 Å². The van der Waals surface area contributed by atoms with Crippen LogP contribution in [0.15, 0.2) is 96.2 Å². The molecule has 3 aromatic rings. The standard InChI is InChI=1S/C39H44ClN3O6/c1-28-39(38(45)46,17-16-33(29-10-4-2-5-11-29)30-12-6-3-7-13-30)36(31-14-8-15-32(40)26-31)35(37(44)49-22-9-18-41)34(42-28)27-48-25-21-43-19-23-47-24-20-43/h2-8,10-15,26,28,33,36,42H,9,16-17,19-25,27H2,1H3,(H,45,46). The molecule has 258 valence electrons. The van der Waals surface area contributed by atoms with Crippen LogP contribution in [0.2, 0.25) is 5.02 Å². The predicted octanol–water partition coefficient (Wildman–Crippen LogP) is 6.16. The van der Waals surface area contributed by atoms with Crippen LogP contribution in [0.3, 0.4) is 0 Å². The lowest BCUT2D eigenvalue weighted by atomic mass is 9.59. The Labute approximate surface area is 293 Å². The molecule has 9 nitrogen and oxygen atoms in total. The fourth-order valence-corrected chi connectivity index (χ4v) is 7.37. The van der Waals surface area contributed by atoms with E-state index in [1.54, 1.807) is 18.2 Å². The molecule has 5 rings (SSSR count). The molecule has 3 unspecified atom stereocenters. The number of carbonyl (C=O) groups excluding carboxylic acids is 1. The van der Waals surface area contributed by atoms with Crippen molar-refractivity contribution in [3.8, 4) is 6.07 Å². The van der Waals surface area contributed by atoms with E-state index in [9.17, 15) is 14.7 Å². The van der Waals surface area contributed by atoms with Gasteiger partial charge in [-0.05, 0) is 48.6 Å². The number of carbonyl (C=O) groups is 2. The molecule has 2 heterocycles. The summed E-state index contributed by atoms with van der Waals surface area (Å²) in [5.41, 5.74) is 1.91. The van der Waals surface area contributed by atoms with Gasteiger partial charge < -0.3 is 24.6 Å². The Hall–Kier alpha value is -4.20. The number of rotatable bonds is 15. The number of aliphatic carboxylic acids is 1. The Bertz CT molecular complexity index is 1580. The smallest absolute Gasteiger partial charge is 0.336 e. The van der Waals surface area contributed by atoms with Gasteiger partial charge in [-0.15, -0.1) is 0 Å². The van der Waals surface area contributed by atoms with Gasteiger partial charge in [-0.2, -0.15) is 5.26 Å². The van der Waals surface area contributed by atoms with Crippen molar-refractivity contribution in [1.29, 1.82) is 5.26 Å². The van der Waals surface area contributed by atoms with Crippen LogP contribution >= 0.6 is 11.6 Å². The second-order valence-electron chi connectivity index (χ2n) is 12.6. The van der Waals surface area contributed by atoms with Crippen LogP contribution in [-0.4, -0.2) is 80.7 Å². The van der Waals surface area contributed by atoms with Crippen molar-refractivity contribution in [2.24, 2.45) is 5.41 Å². The molecule has 2 aliphatic rings. The normalized spacial score (nSPS) is 21.2. The molecule has 1 fully saturated rings. The fraction of sp³-hybridized carbons (Fsp3) is 0.410. The van der Waals surface area contributed by atoms with Crippen molar-refractivity contribution in [1.82, 2.24) is 10.2 Å². The van der Waals surface area contributed by atoms with Crippen LogP contribution in [0.5, 0.6) is 0 Å². The third kappa shape index (κ3) is 8.70. The van der Waals surface area contributed by atoms with Crippen molar-refractivity contribution in [2.75, 3.05) is 52.7 Å². The summed E-state index contributed by atoms with van der Waals surface area (Å²) in [7, 11) is 0. The number of carboxylic acid groups (broad SMARTS) is 1. The molecule has 0 aliphatic carbocycles. The second kappa shape index (κ2) is 17.5. The van der Waals surface area contributed by atoms with Crippen LogP contribution in [-0.2, 0) is 23.8 Å². The van der Waals surface area contributed by atoms with Crippen molar-refractivity contribution in [3.05, 3.63) is 118 Å². The molecule has 0 radical (unpaired) electrons. The largest absolute Gasteiger partial charge is 0.481 e. The third-order valence-electron chi connectivity index (χ3n) is 9.69. The highest BCUT2D eigenvalue weighted by molar-refractivity contribution is 6.30. The van der Waals surface area contributed by atoms with Crippen LogP contribution in [0.4, 0.5) is 0 Å². The molecule has 2 N–H and O–H groups in total. The third-order valence-corrected chi connectivity index (χ3v) is 9.93. The Morgan fingerprint density at radius 2 is 1.71 bits per heavy atom. The minimum Gasteiger partial charge on any atom is -0.481 e. The lowest BCUT2D eigenvalue weighted by molar-refractivity contribution is -0.154. The van der Waals surface area contributed by atoms with E-state index in [2.05, 4.69) is 34.5 Å². The van der Waals surface area contributed by atoms with E-state index >= 15 is 0 Å². The van der Waals surface area contributed by atoms with Crippen molar-refractivity contribution >= 4 is 23.5 Å². The lowest BCUT2D eigenvalue weighted by Crippen LogP contribution is -2.57. The first kappa shape index (κ1) is 36.1. The zero-order chi connectivity index (χ0) is 34.6. The average molecular weight is 686 g/mol. The Balaban J connectivity index is 1.57. The van der Waals surface area contributed by atoms with E-state index in [0.29, 0.717) is 49.1 Å². The summed E-state index contributed by atoms with van der Waals surface area (Å²) in [6.45, 7) is 5.91. The molecule has 0 aromatic heterocycles. The maximum absolute atomic E-state index is 14.1. The number of benzene rings is 3. The highest BCUT2D eigenvalue weighted by Crippen LogP contribution is 2.53. The Kier molecular flexibility index (Phi) is 12.9. The van der Waals surface area contributed by atoms with Crippen molar-refractivity contribution < 1.29 is 28.9 Å². The van der Waals surface area contributed by atoms with Gasteiger partial charge in [0.25, 0.3) is 0 Å². The molecule has 10 heteroatoms. The first-order chi connectivity index (χ1) is 23.8. The first-order valence-corrected chi connectivity index (χ1v) is 17.2. The van der Waals surface area contributed by atoms with E-state index in [1.165, 1.54) is 0 Å². The lowest BCUT2D eigenvalue weighted by Gasteiger charge is -2.48. The molecule has 0 saturated carbocycles. The van der Waals surface area contributed by atoms with E-state index in [1.807, 2.05) is 55.5 Å². The van der Waals surface area contributed by atoms with E-state index < -0.39 is 29.3 Å². The van der Waals surface area contributed by atoms with E-state index in [4.69, 9.17) is 31.1 Å². The molecular formula is C39H44ClN3O6. The topological polar surface area (TPSA) is 121 Å². The number of nitrogens with one attached hydrogen (secondary N) is 1. The monoisotopic (exact) mass is 685 g/mol. The fourth-order valence-electron chi connectivity index (χ4n) is 7.18. The summed E-state index contributed by atoms with van der Waals surface area (Å²) < 4.78 is 17.2. The number of halogens is 1. The summed E-state index contributed by atoms with van der Waals surface area (Å²) in [4.78, 5) is 30.2. The van der Waals surface area contributed by atoms with Gasteiger partial charge in [0.05, 0.1) is 49.9 Å². The molecule has 3 atom stereocenters. The zero-order valence-electron chi connectivity index (χ0n) is 27.9. The minimum absolute atomic E-state index is 0.00989. The maximum atomic E-state index is 14.1. The average Bonchev–Trinajstić information content (AvgIpc) is 3.12. The highest BCUT2D eigenvalue weighted by Gasteiger charge is 2.57. The maximum Gasteiger partial charge on any atom is 0.336 e. The Morgan fingerprint density at radius 3 is 2.33 bits per heavy atom.